The van der Waals surface area contributed by atoms with Crippen molar-refractivity contribution < 1.29 is 31.5 Å². The first-order valence-corrected chi connectivity index (χ1v) is 11.2. The number of carbonyl (C=O) groups is 2. The van der Waals surface area contributed by atoms with E-state index in [1.807, 2.05) is 0 Å². The highest BCUT2D eigenvalue weighted by Gasteiger charge is 2.34. The lowest BCUT2D eigenvalue weighted by Gasteiger charge is -2.34. The third-order valence-electron chi connectivity index (χ3n) is 5.61. The number of hydrogen-bond donors (Lipinski definition) is 1. The van der Waals surface area contributed by atoms with E-state index in [0.29, 0.717) is 44.8 Å². The summed E-state index contributed by atoms with van der Waals surface area (Å²) in [5.74, 6) is -2.34. The normalized spacial score (nSPS) is 19.5. The van der Waals surface area contributed by atoms with Gasteiger partial charge in [0.05, 0.1) is 7.11 Å². The average Bonchev–Trinajstić information content (AvgIpc) is 2.75. The second kappa shape index (κ2) is 9.25. The summed E-state index contributed by atoms with van der Waals surface area (Å²) >= 11 is 0. The van der Waals surface area contributed by atoms with Crippen molar-refractivity contribution >= 4 is 22.0 Å². The molecule has 0 bridgehead atoms. The van der Waals surface area contributed by atoms with Crippen LogP contribution in [0.4, 0.5) is 13.6 Å². The number of amides is 2. The lowest BCUT2D eigenvalue weighted by atomic mass is 9.96. The molecular formula is C19H25F2N3O5S. The van der Waals surface area contributed by atoms with Crippen LogP contribution in [-0.2, 0) is 19.6 Å². The molecule has 0 radical (unpaired) electrons. The molecule has 0 unspecified atom stereocenters. The second-order valence-corrected chi connectivity index (χ2v) is 9.40. The zero-order chi connectivity index (χ0) is 21.9. The van der Waals surface area contributed by atoms with E-state index in [9.17, 15) is 26.8 Å². The van der Waals surface area contributed by atoms with E-state index in [-0.39, 0.29) is 37.0 Å². The van der Waals surface area contributed by atoms with Crippen molar-refractivity contribution in [3.05, 3.63) is 29.8 Å². The van der Waals surface area contributed by atoms with Crippen molar-refractivity contribution in [1.82, 2.24) is 14.5 Å². The number of sulfonamides is 1. The molecule has 30 heavy (non-hydrogen) atoms. The van der Waals surface area contributed by atoms with Gasteiger partial charge in [-0.1, -0.05) is 0 Å². The van der Waals surface area contributed by atoms with Gasteiger partial charge in [0.15, 0.2) is 0 Å². The molecule has 0 saturated carbocycles. The van der Waals surface area contributed by atoms with Crippen LogP contribution in [0.15, 0.2) is 23.1 Å². The minimum atomic E-state index is -4.17. The Morgan fingerprint density at radius 3 is 2.30 bits per heavy atom. The molecule has 0 aromatic heterocycles. The molecule has 1 aromatic carbocycles. The van der Waals surface area contributed by atoms with Crippen molar-refractivity contribution in [1.29, 1.82) is 0 Å². The fourth-order valence-corrected chi connectivity index (χ4v) is 5.37. The van der Waals surface area contributed by atoms with Crippen LogP contribution in [-0.4, -0.2) is 69.0 Å². The highest BCUT2D eigenvalue weighted by Crippen LogP contribution is 2.26. The number of ether oxygens (including phenoxy) is 1. The molecule has 2 fully saturated rings. The second-order valence-electron chi connectivity index (χ2n) is 7.49. The zero-order valence-electron chi connectivity index (χ0n) is 16.6. The highest BCUT2D eigenvalue weighted by molar-refractivity contribution is 7.89. The van der Waals surface area contributed by atoms with Crippen LogP contribution in [0.2, 0.25) is 0 Å². The molecular weight excluding hydrogens is 420 g/mol. The van der Waals surface area contributed by atoms with Crippen LogP contribution in [0, 0.1) is 17.6 Å². The summed E-state index contributed by atoms with van der Waals surface area (Å²) in [6, 6.07) is 2.26. The van der Waals surface area contributed by atoms with Crippen molar-refractivity contribution in [2.45, 2.75) is 36.6 Å². The lowest BCUT2D eigenvalue weighted by molar-refractivity contribution is -0.127. The van der Waals surface area contributed by atoms with Gasteiger partial charge in [-0.15, -0.1) is 0 Å². The number of halogens is 2. The Morgan fingerprint density at radius 2 is 1.70 bits per heavy atom. The van der Waals surface area contributed by atoms with Crippen molar-refractivity contribution in [2.75, 3.05) is 33.3 Å². The van der Waals surface area contributed by atoms with Gasteiger partial charge in [0, 0.05) is 38.1 Å². The number of nitrogens with one attached hydrogen (secondary N) is 1. The Bertz CT molecular complexity index is 895. The summed E-state index contributed by atoms with van der Waals surface area (Å²) in [4.78, 5) is 25.0. The Labute approximate surface area is 174 Å². The third-order valence-corrected chi connectivity index (χ3v) is 7.52. The van der Waals surface area contributed by atoms with E-state index < -0.39 is 26.6 Å². The SMILES string of the molecule is COC(=O)N1CCC(NC(=O)C2CCN(S(=O)(=O)c3cc(F)ccc3F)CC2)CC1. The molecule has 0 spiro atoms. The molecule has 2 aliphatic rings. The van der Waals surface area contributed by atoms with Gasteiger partial charge in [-0.05, 0) is 43.9 Å². The highest BCUT2D eigenvalue weighted by atomic mass is 32.2. The fraction of sp³-hybridized carbons (Fsp3) is 0.579. The predicted octanol–water partition coefficient (Wildman–Crippen LogP) is 1.71. The van der Waals surface area contributed by atoms with E-state index in [1.54, 1.807) is 4.90 Å². The number of hydrogen-bond acceptors (Lipinski definition) is 5. The number of likely N-dealkylation sites (tertiary alicyclic amines) is 1. The summed E-state index contributed by atoms with van der Waals surface area (Å²) in [6.45, 7) is 1.09. The Morgan fingerprint density at radius 1 is 1.07 bits per heavy atom. The van der Waals surface area contributed by atoms with Crippen LogP contribution in [0.1, 0.15) is 25.7 Å². The van der Waals surface area contributed by atoms with Crippen LogP contribution in [0.5, 0.6) is 0 Å². The zero-order valence-corrected chi connectivity index (χ0v) is 17.5. The summed E-state index contributed by atoms with van der Waals surface area (Å²) in [5, 5.41) is 2.97. The standard InChI is InChI=1S/C19H25F2N3O5S/c1-29-19(26)23-8-6-15(7-9-23)22-18(25)13-4-10-24(11-5-13)30(27,28)17-12-14(20)2-3-16(17)21/h2-3,12-13,15H,4-11H2,1H3,(H,22,25). The van der Waals surface area contributed by atoms with Gasteiger partial charge in [0.1, 0.15) is 16.5 Å². The van der Waals surface area contributed by atoms with E-state index >= 15 is 0 Å². The largest absolute Gasteiger partial charge is 0.453 e. The first-order valence-electron chi connectivity index (χ1n) is 9.81. The maximum absolute atomic E-state index is 13.9. The number of carbonyl (C=O) groups excluding carboxylic acids is 2. The molecule has 1 N–H and O–H groups in total. The molecule has 0 aliphatic carbocycles. The third kappa shape index (κ3) is 4.89. The van der Waals surface area contributed by atoms with E-state index in [2.05, 4.69) is 10.1 Å². The smallest absolute Gasteiger partial charge is 0.409 e. The molecule has 11 heteroatoms. The van der Waals surface area contributed by atoms with Gasteiger partial charge in [-0.2, -0.15) is 4.31 Å². The van der Waals surface area contributed by atoms with E-state index in [1.165, 1.54) is 7.11 Å². The molecule has 2 aliphatic heterocycles. The number of methoxy groups -OCH3 is 1. The Balaban J connectivity index is 1.52. The quantitative estimate of drug-likeness (QED) is 0.761. The van der Waals surface area contributed by atoms with Crippen LogP contribution in [0.3, 0.4) is 0 Å². The molecule has 2 heterocycles. The Hall–Kier alpha value is -2.27. The topological polar surface area (TPSA) is 96.0 Å². The molecule has 0 atom stereocenters. The van der Waals surface area contributed by atoms with Gasteiger partial charge < -0.3 is 15.0 Å². The van der Waals surface area contributed by atoms with Gasteiger partial charge in [0.25, 0.3) is 0 Å². The molecule has 2 amide bonds. The van der Waals surface area contributed by atoms with E-state index in [4.69, 9.17) is 0 Å². The number of benzene rings is 1. The molecule has 1 aromatic rings. The minimum absolute atomic E-state index is 0.0527. The van der Waals surface area contributed by atoms with Crippen molar-refractivity contribution in [3.8, 4) is 0 Å². The fourth-order valence-electron chi connectivity index (χ4n) is 3.83. The minimum Gasteiger partial charge on any atom is -0.453 e. The van der Waals surface area contributed by atoms with Gasteiger partial charge in [0.2, 0.25) is 15.9 Å². The number of piperidine rings is 2. The summed E-state index contributed by atoms with van der Waals surface area (Å²) < 4.78 is 58.4. The van der Waals surface area contributed by atoms with Crippen LogP contribution >= 0.6 is 0 Å². The molecule has 2 saturated heterocycles. The number of nitrogens with zero attached hydrogens (tertiary/aromatic N) is 2. The monoisotopic (exact) mass is 445 g/mol. The maximum atomic E-state index is 13.9. The van der Waals surface area contributed by atoms with E-state index in [0.717, 1.165) is 16.4 Å². The van der Waals surface area contributed by atoms with Crippen LogP contribution in [0.25, 0.3) is 0 Å². The van der Waals surface area contributed by atoms with Crippen LogP contribution < -0.4 is 5.32 Å². The Kier molecular flexibility index (Phi) is 6.91. The van der Waals surface area contributed by atoms with Gasteiger partial charge >= 0.3 is 6.09 Å². The number of rotatable bonds is 4. The van der Waals surface area contributed by atoms with Crippen molar-refractivity contribution in [2.24, 2.45) is 5.92 Å². The predicted molar refractivity (Wildman–Crippen MR) is 103 cm³/mol. The summed E-state index contributed by atoms with van der Waals surface area (Å²) in [5.41, 5.74) is 0. The summed E-state index contributed by atoms with van der Waals surface area (Å²) in [7, 11) is -2.85. The molecule has 8 nitrogen and oxygen atoms in total. The molecule has 3 rings (SSSR count). The summed E-state index contributed by atoms with van der Waals surface area (Å²) in [6.07, 6.45) is 1.44. The lowest BCUT2D eigenvalue weighted by Crippen LogP contribution is -2.49. The first-order chi connectivity index (χ1) is 14.2. The van der Waals surface area contributed by atoms with Crippen molar-refractivity contribution in [3.63, 3.8) is 0 Å². The molecule has 166 valence electrons. The van der Waals surface area contributed by atoms with Gasteiger partial charge in [-0.3, -0.25) is 4.79 Å². The average molecular weight is 445 g/mol. The van der Waals surface area contributed by atoms with Gasteiger partial charge in [-0.25, -0.2) is 22.0 Å². The first kappa shape index (κ1) is 22.4. The maximum Gasteiger partial charge on any atom is 0.409 e.